The highest BCUT2D eigenvalue weighted by Crippen LogP contribution is 2.22. The summed E-state index contributed by atoms with van der Waals surface area (Å²) in [5.41, 5.74) is 2.58. The molecule has 3 unspecified atom stereocenters. The van der Waals surface area contributed by atoms with E-state index in [1.165, 1.54) is 11.1 Å². The lowest BCUT2D eigenvalue weighted by Gasteiger charge is -2.28. The van der Waals surface area contributed by atoms with Crippen LogP contribution in [0.25, 0.3) is 0 Å². The van der Waals surface area contributed by atoms with Gasteiger partial charge in [-0.25, -0.2) is 0 Å². The van der Waals surface area contributed by atoms with Gasteiger partial charge >= 0.3 is 0 Å². The highest BCUT2D eigenvalue weighted by molar-refractivity contribution is 5.82. The maximum absolute atomic E-state index is 12.4. The first-order valence-corrected chi connectivity index (χ1v) is 7.41. The van der Waals surface area contributed by atoms with Crippen LogP contribution in [0.4, 0.5) is 0 Å². The second-order valence-corrected chi connectivity index (χ2v) is 5.73. The molecule has 0 bridgehead atoms. The van der Waals surface area contributed by atoms with E-state index in [1.807, 2.05) is 12.1 Å². The van der Waals surface area contributed by atoms with Crippen LogP contribution in [0.1, 0.15) is 30.4 Å². The van der Waals surface area contributed by atoms with Crippen LogP contribution in [0.5, 0.6) is 0 Å². The molecule has 0 saturated heterocycles. The van der Waals surface area contributed by atoms with Crippen molar-refractivity contribution in [1.82, 2.24) is 10.6 Å². The fourth-order valence-electron chi connectivity index (χ4n) is 3.30. The van der Waals surface area contributed by atoms with Crippen molar-refractivity contribution in [3.05, 3.63) is 35.4 Å². The van der Waals surface area contributed by atoms with Gasteiger partial charge in [0.2, 0.25) is 5.91 Å². The largest absolute Gasteiger partial charge is 0.379 e. The quantitative estimate of drug-likeness (QED) is 0.875. The van der Waals surface area contributed by atoms with Crippen LogP contribution in [-0.2, 0) is 22.5 Å². The van der Waals surface area contributed by atoms with Crippen molar-refractivity contribution in [3.63, 3.8) is 0 Å². The Hall–Kier alpha value is -1.39. The predicted molar refractivity (Wildman–Crippen MR) is 77.4 cm³/mol. The molecule has 1 saturated carbocycles. The monoisotopic (exact) mass is 274 g/mol. The van der Waals surface area contributed by atoms with Crippen molar-refractivity contribution in [3.8, 4) is 0 Å². The zero-order valence-electron chi connectivity index (χ0n) is 11.9. The van der Waals surface area contributed by atoms with Gasteiger partial charge in [0.05, 0.1) is 18.2 Å². The second-order valence-electron chi connectivity index (χ2n) is 5.73. The number of rotatable bonds is 3. The third-order valence-corrected chi connectivity index (χ3v) is 4.48. The average Bonchev–Trinajstić information content (AvgIpc) is 2.94. The first-order valence-electron chi connectivity index (χ1n) is 7.41. The molecule has 3 rings (SSSR count). The summed E-state index contributed by atoms with van der Waals surface area (Å²) in [6, 6.07) is 8.37. The molecule has 1 aromatic rings. The molecular formula is C16H22N2O2. The number of carbonyl (C=O) groups excluding carboxylic acids is 1. The lowest BCUT2D eigenvalue weighted by Crippen LogP contribution is -2.52. The number of nitrogens with one attached hydrogen (secondary N) is 2. The molecule has 1 fully saturated rings. The molecule has 0 aromatic heterocycles. The van der Waals surface area contributed by atoms with Crippen molar-refractivity contribution in [2.75, 3.05) is 7.11 Å². The summed E-state index contributed by atoms with van der Waals surface area (Å²) in [5, 5.41) is 6.48. The highest BCUT2D eigenvalue weighted by atomic mass is 16.5. The number of methoxy groups -OCH3 is 1. The van der Waals surface area contributed by atoms with Gasteiger partial charge in [-0.05, 0) is 36.8 Å². The van der Waals surface area contributed by atoms with Gasteiger partial charge in [-0.1, -0.05) is 24.3 Å². The van der Waals surface area contributed by atoms with E-state index in [0.717, 1.165) is 32.2 Å². The minimum atomic E-state index is -0.122. The van der Waals surface area contributed by atoms with E-state index >= 15 is 0 Å². The summed E-state index contributed by atoms with van der Waals surface area (Å²) >= 11 is 0. The molecule has 1 amide bonds. The molecule has 20 heavy (non-hydrogen) atoms. The Morgan fingerprint density at radius 2 is 2.10 bits per heavy atom. The molecule has 1 heterocycles. The van der Waals surface area contributed by atoms with Gasteiger partial charge in [0.15, 0.2) is 0 Å². The van der Waals surface area contributed by atoms with Crippen LogP contribution >= 0.6 is 0 Å². The van der Waals surface area contributed by atoms with Crippen molar-refractivity contribution in [1.29, 1.82) is 0 Å². The Balaban J connectivity index is 1.61. The summed E-state index contributed by atoms with van der Waals surface area (Å²) in [7, 11) is 1.73. The van der Waals surface area contributed by atoms with E-state index in [-0.39, 0.29) is 24.1 Å². The van der Waals surface area contributed by atoms with Crippen LogP contribution in [0.3, 0.4) is 0 Å². The molecule has 2 N–H and O–H groups in total. The molecule has 1 aliphatic heterocycles. The Labute approximate surface area is 119 Å². The summed E-state index contributed by atoms with van der Waals surface area (Å²) in [6.45, 7) is 0.770. The molecule has 1 aliphatic carbocycles. The number of amides is 1. The third-order valence-electron chi connectivity index (χ3n) is 4.48. The Bertz CT molecular complexity index is 489. The van der Waals surface area contributed by atoms with E-state index in [9.17, 15) is 4.79 Å². The second kappa shape index (κ2) is 5.94. The number of benzene rings is 1. The molecular weight excluding hydrogens is 252 g/mol. The molecule has 0 radical (unpaired) electrons. The lowest BCUT2D eigenvalue weighted by atomic mass is 9.95. The summed E-state index contributed by atoms with van der Waals surface area (Å²) in [5.74, 6) is 0.105. The smallest absolute Gasteiger partial charge is 0.237 e. The Morgan fingerprint density at radius 3 is 2.90 bits per heavy atom. The van der Waals surface area contributed by atoms with Crippen molar-refractivity contribution in [2.45, 2.75) is 50.4 Å². The van der Waals surface area contributed by atoms with Crippen molar-refractivity contribution >= 4 is 5.91 Å². The maximum Gasteiger partial charge on any atom is 0.237 e. The van der Waals surface area contributed by atoms with Crippen LogP contribution in [0.2, 0.25) is 0 Å². The fraction of sp³-hybridized carbons (Fsp3) is 0.562. The Morgan fingerprint density at radius 1 is 1.30 bits per heavy atom. The van der Waals surface area contributed by atoms with Gasteiger partial charge in [-0.3, -0.25) is 4.79 Å². The summed E-state index contributed by atoms with van der Waals surface area (Å²) in [4.78, 5) is 12.4. The van der Waals surface area contributed by atoms with E-state index in [4.69, 9.17) is 4.74 Å². The standard InChI is InChI=1S/C16H22N2O2/c1-20-15-8-4-7-13(15)18-16(19)14-9-11-5-2-3-6-12(11)10-17-14/h2-3,5-6,13-15,17H,4,7-10H2,1H3,(H,18,19). The maximum atomic E-state index is 12.4. The van der Waals surface area contributed by atoms with Crippen LogP contribution in [-0.4, -0.2) is 31.2 Å². The zero-order chi connectivity index (χ0) is 13.9. The average molecular weight is 274 g/mol. The van der Waals surface area contributed by atoms with Gasteiger partial charge < -0.3 is 15.4 Å². The molecule has 0 spiro atoms. The fourth-order valence-corrected chi connectivity index (χ4v) is 3.30. The van der Waals surface area contributed by atoms with Crippen LogP contribution < -0.4 is 10.6 Å². The van der Waals surface area contributed by atoms with Crippen LogP contribution in [0, 0.1) is 0 Å². The first kappa shape index (κ1) is 13.6. The minimum absolute atomic E-state index is 0.105. The highest BCUT2D eigenvalue weighted by Gasteiger charge is 2.31. The van der Waals surface area contributed by atoms with Crippen LogP contribution in [0.15, 0.2) is 24.3 Å². The molecule has 3 atom stereocenters. The molecule has 4 heteroatoms. The van der Waals surface area contributed by atoms with Gasteiger partial charge in [-0.2, -0.15) is 0 Å². The number of fused-ring (bicyclic) bond motifs is 1. The van der Waals surface area contributed by atoms with Gasteiger partial charge in [0.25, 0.3) is 0 Å². The summed E-state index contributed by atoms with van der Waals surface area (Å²) < 4.78 is 5.43. The zero-order valence-corrected chi connectivity index (χ0v) is 11.9. The Kier molecular flexibility index (Phi) is 4.03. The third kappa shape index (κ3) is 2.72. The number of hydrogen-bond donors (Lipinski definition) is 2. The number of carbonyl (C=O) groups is 1. The van der Waals surface area contributed by atoms with Crippen molar-refractivity contribution < 1.29 is 9.53 Å². The van der Waals surface area contributed by atoms with Gasteiger partial charge in [0, 0.05) is 13.7 Å². The van der Waals surface area contributed by atoms with Crippen molar-refractivity contribution in [2.24, 2.45) is 0 Å². The first-order chi connectivity index (χ1) is 9.78. The topological polar surface area (TPSA) is 50.4 Å². The van der Waals surface area contributed by atoms with Gasteiger partial charge in [0.1, 0.15) is 0 Å². The minimum Gasteiger partial charge on any atom is -0.379 e. The summed E-state index contributed by atoms with van der Waals surface area (Å²) in [6.07, 6.45) is 4.14. The molecule has 1 aromatic carbocycles. The van der Waals surface area contributed by atoms with E-state index in [0.29, 0.717) is 0 Å². The number of hydrogen-bond acceptors (Lipinski definition) is 3. The van der Waals surface area contributed by atoms with E-state index < -0.39 is 0 Å². The molecule has 4 nitrogen and oxygen atoms in total. The normalized spacial score (nSPS) is 28.9. The molecule has 108 valence electrons. The number of ether oxygens (including phenoxy) is 1. The lowest BCUT2D eigenvalue weighted by molar-refractivity contribution is -0.124. The van der Waals surface area contributed by atoms with E-state index in [1.54, 1.807) is 7.11 Å². The van der Waals surface area contributed by atoms with E-state index in [2.05, 4.69) is 22.8 Å². The predicted octanol–water partition coefficient (Wildman–Crippen LogP) is 1.38. The van der Waals surface area contributed by atoms with Gasteiger partial charge in [-0.15, -0.1) is 0 Å². The molecule has 2 aliphatic rings. The SMILES string of the molecule is COC1CCCC1NC(=O)C1Cc2ccccc2CN1.